The summed E-state index contributed by atoms with van der Waals surface area (Å²) in [6, 6.07) is 0. The molecule has 0 aromatic heterocycles. The van der Waals surface area contributed by atoms with Gasteiger partial charge in [-0.1, -0.05) is 34.1 Å². The maximum absolute atomic E-state index is 2.44. The van der Waals surface area contributed by atoms with E-state index in [-0.39, 0.29) is 0 Å². The molecule has 78 valence electrons. The lowest BCUT2D eigenvalue weighted by Crippen LogP contribution is -2.23. The van der Waals surface area contributed by atoms with Crippen molar-refractivity contribution in [3.8, 4) is 0 Å². The number of rotatable bonds is 5. The molecule has 1 aliphatic rings. The molecule has 2 atom stereocenters. The molecule has 0 saturated heterocycles. The fourth-order valence-corrected chi connectivity index (χ4v) is 2.78. The fourth-order valence-electron chi connectivity index (χ4n) is 2.78. The van der Waals surface area contributed by atoms with Crippen molar-refractivity contribution in [3.05, 3.63) is 0 Å². The summed E-state index contributed by atoms with van der Waals surface area (Å²) in [5.74, 6) is 4.01. The Labute approximate surface area is 84.1 Å². The molecule has 1 aliphatic carbocycles. The van der Waals surface area contributed by atoms with E-state index in [2.05, 4.69) is 27.7 Å². The van der Waals surface area contributed by atoms with Crippen LogP contribution in [0.4, 0.5) is 0 Å². The maximum atomic E-state index is 2.44. The average Bonchev–Trinajstić information content (AvgIpc) is 2.01. The Hall–Kier alpha value is 0. The van der Waals surface area contributed by atoms with Gasteiger partial charge in [0.1, 0.15) is 0 Å². The lowest BCUT2D eigenvalue weighted by molar-refractivity contribution is 0.168. The van der Waals surface area contributed by atoms with Gasteiger partial charge in [-0.25, -0.2) is 0 Å². The molecule has 13 heavy (non-hydrogen) atoms. The summed E-state index contributed by atoms with van der Waals surface area (Å²) in [5, 5.41) is 0. The van der Waals surface area contributed by atoms with E-state index in [1.54, 1.807) is 0 Å². The first kappa shape index (κ1) is 11.1. The van der Waals surface area contributed by atoms with Crippen LogP contribution in [0.2, 0.25) is 0 Å². The van der Waals surface area contributed by atoms with Gasteiger partial charge < -0.3 is 0 Å². The van der Waals surface area contributed by atoms with Crippen LogP contribution in [0, 0.1) is 23.7 Å². The van der Waals surface area contributed by atoms with Crippen molar-refractivity contribution in [1.82, 2.24) is 0 Å². The fraction of sp³-hybridized carbons (Fsp3) is 1.00. The van der Waals surface area contributed by atoms with Gasteiger partial charge in [0.2, 0.25) is 0 Å². The number of hydrogen-bond acceptors (Lipinski definition) is 0. The van der Waals surface area contributed by atoms with Crippen LogP contribution in [0.5, 0.6) is 0 Å². The molecule has 2 unspecified atom stereocenters. The molecule has 0 amide bonds. The topological polar surface area (TPSA) is 0 Å². The summed E-state index contributed by atoms with van der Waals surface area (Å²) in [6.45, 7) is 9.52. The van der Waals surface area contributed by atoms with Crippen LogP contribution in [-0.4, -0.2) is 0 Å². The highest BCUT2D eigenvalue weighted by molar-refractivity contribution is 4.78. The molecule has 1 saturated carbocycles. The van der Waals surface area contributed by atoms with E-state index >= 15 is 0 Å². The lowest BCUT2D eigenvalue weighted by Gasteiger charge is -2.35. The minimum absolute atomic E-state index is 0.937. The van der Waals surface area contributed by atoms with E-state index in [4.69, 9.17) is 0 Å². The van der Waals surface area contributed by atoms with Crippen LogP contribution in [0.15, 0.2) is 0 Å². The van der Waals surface area contributed by atoms with Gasteiger partial charge in [-0.15, -0.1) is 0 Å². The van der Waals surface area contributed by atoms with Gasteiger partial charge in [0.15, 0.2) is 0 Å². The molecule has 0 nitrogen and oxygen atoms in total. The van der Waals surface area contributed by atoms with Crippen molar-refractivity contribution < 1.29 is 0 Å². The van der Waals surface area contributed by atoms with Gasteiger partial charge in [-0.05, 0) is 49.4 Å². The van der Waals surface area contributed by atoms with Gasteiger partial charge >= 0.3 is 0 Å². The van der Waals surface area contributed by atoms with Crippen molar-refractivity contribution in [2.45, 2.75) is 59.8 Å². The second-order valence-electron chi connectivity index (χ2n) is 5.53. The third kappa shape index (κ3) is 3.70. The number of hydrogen-bond donors (Lipinski definition) is 0. The predicted molar refractivity (Wildman–Crippen MR) is 59.7 cm³/mol. The highest BCUT2D eigenvalue weighted by Crippen LogP contribution is 2.38. The van der Waals surface area contributed by atoms with E-state index in [1.165, 1.54) is 32.1 Å². The second-order valence-corrected chi connectivity index (χ2v) is 5.53. The standard InChI is InChI=1S/C13H26/c1-5-10(2)6-11(3)7-13-8-12(4)9-13/h10-13H,5-9H2,1-4H3. The Bertz CT molecular complexity index is 133. The molecule has 0 bridgehead atoms. The highest BCUT2D eigenvalue weighted by Gasteiger charge is 2.26. The summed E-state index contributed by atoms with van der Waals surface area (Å²) < 4.78 is 0. The Morgan fingerprint density at radius 1 is 1.15 bits per heavy atom. The molecule has 1 rings (SSSR count). The van der Waals surface area contributed by atoms with Crippen LogP contribution < -0.4 is 0 Å². The van der Waals surface area contributed by atoms with Crippen LogP contribution in [0.1, 0.15) is 59.8 Å². The van der Waals surface area contributed by atoms with Crippen molar-refractivity contribution in [3.63, 3.8) is 0 Å². The zero-order valence-corrected chi connectivity index (χ0v) is 9.84. The summed E-state index contributed by atoms with van der Waals surface area (Å²) in [4.78, 5) is 0. The molecule has 1 fully saturated rings. The first-order chi connectivity index (χ1) is 6.11. The van der Waals surface area contributed by atoms with Gasteiger partial charge in [-0.2, -0.15) is 0 Å². The van der Waals surface area contributed by atoms with E-state index in [9.17, 15) is 0 Å². The molecule has 0 heteroatoms. The second kappa shape index (κ2) is 5.02. The monoisotopic (exact) mass is 182 g/mol. The normalized spacial score (nSPS) is 32.3. The largest absolute Gasteiger partial charge is 0.0651 e. The zero-order valence-electron chi connectivity index (χ0n) is 9.84. The van der Waals surface area contributed by atoms with Crippen LogP contribution >= 0.6 is 0 Å². The van der Waals surface area contributed by atoms with E-state index in [0.29, 0.717) is 0 Å². The average molecular weight is 182 g/mol. The SMILES string of the molecule is CCC(C)CC(C)CC1CC(C)C1. The molecular weight excluding hydrogens is 156 g/mol. The predicted octanol–water partition coefficient (Wildman–Crippen LogP) is 4.49. The summed E-state index contributed by atoms with van der Waals surface area (Å²) >= 11 is 0. The quantitative estimate of drug-likeness (QED) is 0.587. The minimum Gasteiger partial charge on any atom is -0.0651 e. The summed E-state index contributed by atoms with van der Waals surface area (Å²) in [7, 11) is 0. The molecule has 0 aliphatic heterocycles. The van der Waals surface area contributed by atoms with Gasteiger partial charge in [-0.3, -0.25) is 0 Å². The minimum atomic E-state index is 0.937. The van der Waals surface area contributed by atoms with Crippen LogP contribution in [0.3, 0.4) is 0 Å². The molecule has 0 aromatic carbocycles. The lowest BCUT2D eigenvalue weighted by atomic mass is 9.71. The van der Waals surface area contributed by atoms with Gasteiger partial charge in [0.05, 0.1) is 0 Å². The van der Waals surface area contributed by atoms with E-state index in [1.807, 2.05) is 0 Å². The Balaban J connectivity index is 2.07. The highest BCUT2D eigenvalue weighted by atomic mass is 14.3. The van der Waals surface area contributed by atoms with Crippen molar-refractivity contribution in [2.24, 2.45) is 23.7 Å². The molecular formula is C13H26. The van der Waals surface area contributed by atoms with Gasteiger partial charge in [0, 0.05) is 0 Å². The van der Waals surface area contributed by atoms with Crippen LogP contribution in [-0.2, 0) is 0 Å². The molecule has 0 N–H and O–H groups in total. The zero-order chi connectivity index (χ0) is 9.84. The van der Waals surface area contributed by atoms with Crippen molar-refractivity contribution in [1.29, 1.82) is 0 Å². The molecule has 0 radical (unpaired) electrons. The maximum Gasteiger partial charge on any atom is -0.0407 e. The first-order valence-corrected chi connectivity index (χ1v) is 6.11. The summed E-state index contributed by atoms with van der Waals surface area (Å²) in [6.07, 6.45) is 7.30. The molecule has 0 heterocycles. The van der Waals surface area contributed by atoms with Crippen molar-refractivity contribution in [2.75, 3.05) is 0 Å². The smallest absolute Gasteiger partial charge is 0.0407 e. The Morgan fingerprint density at radius 3 is 2.23 bits per heavy atom. The Morgan fingerprint density at radius 2 is 1.77 bits per heavy atom. The van der Waals surface area contributed by atoms with E-state index < -0.39 is 0 Å². The van der Waals surface area contributed by atoms with Gasteiger partial charge in [0.25, 0.3) is 0 Å². The van der Waals surface area contributed by atoms with E-state index in [0.717, 1.165) is 23.7 Å². The van der Waals surface area contributed by atoms with Crippen LogP contribution in [0.25, 0.3) is 0 Å². The summed E-state index contributed by atoms with van der Waals surface area (Å²) in [5.41, 5.74) is 0. The van der Waals surface area contributed by atoms with Crippen molar-refractivity contribution >= 4 is 0 Å². The third-order valence-corrected chi connectivity index (χ3v) is 3.71. The Kier molecular flexibility index (Phi) is 4.28. The molecule has 0 spiro atoms. The first-order valence-electron chi connectivity index (χ1n) is 6.11. The molecule has 0 aromatic rings. The third-order valence-electron chi connectivity index (χ3n) is 3.71.